The lowest BCUT2D eigenvalue weighted by Crippen LogP contribution is -2.55. The molecule has 1 fully saturated rings. The number of nitrogens with one attached hydrogen (secondary N) is 1. The third kappa shape index (κ3) is 2.23. The van der Waals surface area contributed by atoms with Crippen molar-refractivity contribution in [3.8, 4) is 0 Å². The summed E-state index contributed by atoms with van der Waals surface area (Å²) >= 11 is 1.64. The summed E-state index contributed by atoms with van der Waals surface area (Å²) < 4.78 is 0. The average Bonchev–Trinajstić information content (AvgIpc) is 2.84. The Morgan fingerprint density at radius 2 is 2.42 bits per heavy atom. The van der Waals surface area contributed by atoms with Crippen molar-refractivity contribution in [2.45, 2.75) is 44.8 Å². The summed E-state index contributed by atoms with van der Waals surface area (Å²) in [5.74, 6) is 0.0856. The van der Waals surface area contributed by atoms with Crippen molar-refractivity contribution in [3.63, 3.8) is 0 Å². The number of hydrogen-bond acceptors (Lipinski definition) is 5. The first-order valence-corrected chi connectivity index (χ1v) is 7.74. The molecule has 2 atom stereocenters. The molecule has 2 N–H and O–H groups in total. The third-order valence-corrected chi connectivity index (χ3v) is 5.04. The van der Waals surface area contributed by atoms with Crippen LogP contribution in [0.25, 0.3) is 0 Å². The Labute approximate surface area is 116 Å². The highest BCUT2D eigenvalue weighted by Gasteiger charge is 2.32. The van der Waals surface area contributed by atoms with Crippen molar-refractivity contribution < 1.29 is 9.90 Å². The van der Waals surface area contributed by atoms with Crippen molar-refractivity contribution in [3.05, 3.63) is 10.6 Å². The molecule has 1 aliphatic heterocycles. The van der Waals surface area contributed by atoms with E-state index in [0.717, 1.165) is 43.1 Å². The zero-order valence-corrected chi connectivity index (χ0v) is 11.9. The van der Waals surface area contributed by atoms with Crippen LogP contribution in [0.2, 0.25) is 0 Å². The van der Waals surface area contributed by atoms with Gasteiger partial charge in [0.1, 0.15) is 6.04 Å². The van der Waals surface area contributed by atoms with Gasteiger partial charge in [-0.2, -0.15) is 0 Å². The van der Waals surface area contributed by atoms with Crippen molar-refractivity contribution in [2.24, 2.45) is 0 Å². The molecule has 104 valence electrons. The summed E-state index contributed by atoms with van der Waals surface area (Å²) in [5.41, 5.74) is 0.840. The number of hydrogen-bond donors (Lipinski definition) is 2. The summed E-state index contributed by atoms with van der Waals surface area (Å²) in [5, 5.41) is 13.8. The smallest absolute Gasteiger partial charge is 0.242 e. The van der Waals surface area contributed by atoms with Gasteiger partial charge < -0.3 is 15.3 Å². The number of rotatable bonds is 2. The molecule has 1 aliphatic carbocycles. The van der Waals surface area contributed by atoms with Gasteiger partial charge in [-0.3, -0.25) is 4.79 Å². The SMILES string of the molecule is CCC1C(=O)NCCN1c1nc2c(s1)CCCC2O. The van der Waals surface area contributed by atoms with Crippen LogP contribution in [0.5, 0.6) is 0 Å². The van der Waals surface area contributed by atoms with Crippen LogP contribution in [0.15, 0.2) is 0 Å². The van der Waals surface area contributed by atoms with Crippen LogP contribution in [-0.2, 0) is 11.2 Å². The summed E-state index contributed by atoms with van der Waals surface area (Å²) in [7, 11) is 0. The number of carbonyl (C=O) groups is 1. The molecule has 5 nitrogen and oxygen atoms in total. The van der Waals surface area contributed by atoms with Gasteiger partial charge in [-0.25, -0.2) is 4.98 Å². The van der Waals surface area contributed by atoms with Gasteiger partial charge in [0.05, 0.1) is 11.8 Å². The number of aromatic nitrogens is 1. The molecule has 19 heavy (non-hydrogen) atoms. The number of amides is 1. The Morgan fingerprint density at radius 3 is 3.16 bits per heavy atom. The van der Waals surface area contributed by atoms with E-state index in [2.05, 4.69) is 15.2 Å². The highest BCUT2D eigenvalue weighted by atomic mass is 32.1. The molecular weight excluding hydrogens is 262 g/mol. The lowest BCUT2D eigenvalue weighted by molar-refractivity contribution is -0.123. The quantitative estimate of drug-likeness (QED) is 0.855. The Bertz CT molecular complexity index is 488. The average molecular weight is 281 g/mol. The van der Waals surface area contributed by atoms with Crippen LogP contribution in [-0.4, -0.2) is 35.1 Å². The first kappa shape index (κ1) is 12.9. The van der Waals surface area contributed by atoms with Crippen LogP contribution >= 0.6 is 11.3 Å². The molecule has 0 bridgehead atoms. The Hall–Kier alpha value is -1.14. The van der Waals surface area contributed by atoms with Crippen LogP contribution in [0, 0.1) is 0 Å². The van der Waals surface area contributed by atoms with E-state index < -0.39 is 6.10 Å². The lowest BCUT2D eigenvalue weighted by Gasteiger charge is -2.34. The van der Waals surface area contributed by atoms with E-state index in [1.807, 2.05) is 6.92 Å². The Balaban J connectivity index is 1.91. The van der Waals surface area contributed by atoms with Crippen LogP contribution in [0.1, 0.15) is 42.9 Å². The Morgan fingerprint density at radius 1 is 1.58 bits per heavy atom. The second-order valence-corrected chi connectivity index (χ2v) is 6.18. The molecule has 0 radical (unpaired) electrons. The second-order valence-electron chi connectivity index (χ2n) is 5.12. The van der Waals surface area contributed by atoms with E-state index in [1.165, 1.54) is 4.88 Å². The van der Waals surface area contributed by atoms with E-state index >= 15 is 0 Å². The number of piperazine rings is 1. The fraction of sp³-hybridized carbons (Fsp3) is 0.692. The maximum Gasteiger partial charge on any atom is 0.242 e. The van der Waals surface area contributed by atoms with Gasteiger partial charge >= 0.3 is 0 Å². The number of aliphatic hydroxyl groups excluding tert-OH is 1. The molecule has 6 heteroatoms. The largest absolute Gasteiger partial charge is 0.387 e. The predicted octanol–water partition coefficient (Wildman–Crippen LogP) is 1.23. The van der Waals surface area contributed by atoms with Crippen molar-refractivity contribution in [2.75, 3.05) is 18.0 Å². The van der Waals surface area contributed by atoms with Crippen molar-refractivity contribution in [1.29, 1.82) is 0 Å². The molecular formula is C13H19N3O2S. The lowest BCUT2D eigenvalue weighted by atomic mass is 10.0. The minimum Gasteiger partial charge on any atom is -0.387 e. The molecule has 0 saturated carbocycles. The maximum absolute atomic E-state index is 11.9. The van der Waals surface area contributed by atoms with Gasteiger partial charge in [-0.1, -0.05) is 6.92 Å². The molecule has 3 rings (SSSR count). The van der Waals surface area contributed by atoms with Gasteiger partial charge in [0, 0.05) is 18.0 Å². The summed E-state index contributed by atoms with van der Waals surface area (Å²) in [6.45, 7) is 3.49. The van der Waals surface area contributed by atoms with E-state index in [1.54, 1.807) is 11.3 Å². The molecule has 1 saturated heterocycles. The first-order valence-electron chi connectivity index (χ1n) is 6.92. The fourth-order valence-corrected chi connectivity index (χ4v) is 4.09. The topological polar surface area (TPSA) is 65.5 Å². The fourth-order valence-electron chi connectivity index (χ4n) is 2.86. The van der Waals surface area contributed by atoms with Crippen molar-refractivity contribution in [1.82, 2.24) is 10.3 Å². The van der Waals surface area contributed by atoms with E-state index in [4.69, 9.17) is 0 Å². The number of aryl methyl sites for hydroxylation is 1. The number of thiazole rings is 1. The van der Waals surface area contributed by atoms with Gasteiger partial charge in [0.2, 0.25) is 5.91 Å². The standard InChI is InChI=1S/C13H19N3O2S/c1-2-8-12(18)14-6-7-16(8)13-15-11-9(17)4-3-5-10(11)19-13/h8-9,17H,2-7H2,1H3,(H,14,18). The number of fused-ring (bicyclic) bond motifs is 1. The zero-order valence-electron chi connectivity index (χ0n) is 11.1. The van der Waals surface area contributed by atoms with Crippen LogP contribution < -0.4 is 10.2 Å². The highest BCUT2D eigenvalue weighted by molar-refractivity contribution is 7.15. The van der Waals surface area contributed by atoms with Gasteiger partial charge in [0.25, 0.3) is 0 Å². The monoisotopic (exact) mass is 281 g/mol. The molecule has 0 spiro atoms. The summed E-state index contributed by atoms with van der Waals surface area (Å²) in [6.07, 6.45) is 3.17. The second kappa shape index (κ2) is 5.09. The van der Waals surface area contributed by atoms with E-state index in [-0.39, 0.29) is 11.9 Å². The summed E-state index contributed by atoms with van der Waals surface area (Å²) in [4.78, 5) is 19.8. The number of nitrogens with zero attached hydrogens (tertiary/aromatic N) is 2. The van der Waals surface area contributed by atoms with Gasteiger partial charge in [-0.15, -0.1) is 11.3 Å². The van der Waals surface area contributed by atoms with Gasteiger partial charge in [0.15, 0.2) is 5.13 Å². The van der Waals surface area contributed by atoms with Crippen LogP contribution in [0.3, 0.4) is 0 Å². The molecule has 2 unspecified atom stereocenters. The third-order valence-electron chi connectivity index (χ3n) is 3.88. The molecule has 1 amide bonds. The normalized spacial score (nSPS) is 27.1. The zero-order chi connectivity index (χ0) is 13.4. The summed E-state index contributed by atoms with van der Waals surface area (Å²) in [6, 6.07) is -0.126. The highest BCUT2D eigenvalue weighted by Crippen LogP contribution is 2.37. The minimum absolute atomic E-state index is 0.0856. The van der Waals surface area contributed by atoms with E-state index in [0.29, 0.717) is 6.54 Å². The molecule has 2 aliphatic rings. The van der Waals surface area contributed by atoms with Crippen LogP contribution in [0.4, 0.5) is 5.13 Å². The van der Waals surface area contributed by atoms with Crippen molar-refractivity contribution >= 4 is 22.4 Å². The maximum atomic E-state index is 11.9. The van der Waals surface area contributed by atoms with E-state index in [9.17, 15) is 9.90 Å². The Kier molecular flexibility index (Phi) is 3.45. The number of anilines is 1. The first-order chi connectivity index (χ1) is 9.20. The molecule has 2 heterocycles. The van der Waals surface area contributed by atoms with Gasteiger partial charge in [-0.05, 0) is 25.7 Å². The molecule has 1 aromatic rings. The predicted molar refractivity (Wildman–Crippen MR) is 74.4 cm³/mol. The molecule has 0 aromatic carbocycles. The minimum atomic E-state index is -0.424. The number of aliphatic hydroxyl groups is 1. The number of carbonyl (C=O) groups excluding carboxylic acids is 1. The molecule has 1 aromatic heterocycles.